The van der Waals surface area contributed by atoms with Gasteiger partial charge in [0.25, 0.3) is 0 Å². The quantitative estimate of drug-likeness (QED) is 0.297. The smallest absolute Gasteiger partial charge is 0.358 e. The van der Waals surface area contributed by atoms with Gasteiger partial charge in [0.1, 0.15) is 0 Å². The number of hydrogen-bond donors (Lipinski definition) is 1. The number of benzene rings is 2. The lowest BCUT2D eigenvalue weighted by molar-refractivity contribution is 0.0518. The molecule has 0 saturated heterocycles. The van der Waals surface area contributed by atoms with Crippen molar-refractivity contribution in [3.63, 3.8) is 0 Å². The predicted molar refractivity (Wildman–Crippen MR) is 131 cm³/mol. The molecule has 10 heteroatoms. The number of imidazole rings is 1. The Morgan fingerprint density at radius 3 is 2.58 bits per heavy atom. The van der Waals surface area contributed by atoms with E-state index in [2.05, 4.69) is 26.2 Å². The van der Waals surface area contributed by atoms with Gasteiger partial charge in [0.2, 0.25) is 0 Å². The van der Waals surface area contributed by atoms with Gasteiger partial charge in [0.05, 0.1) is 41.7 Å². The van der Waals surface area contributed by atoms with Gasteiger partial charge >= 0.3 is 5.97 Å². The molecule has 0 radical (unpaired) electrons. The minimum atomic E-state index is -0.701. The van der Waals surface area contributed by atoms with Crippen LogP contribution in [-0.2, 0) is 9.47 Å². The molecule has 1 heterocycles. The molecule has 0 amide bonds. The zero-order chi connectivity index (χ0) is 24.1. The number of halogens is 4. The third-order valence-corrected chi connectivity index (χ3v) is 6.05. The highest BCUT2D eigenvalue weighted by molar-refractivity contribution is 9.10. The standard InChI is InChI=1S/C23H23BrCl2FN3O3/c1-4-33-22(31)20-21(30(23(24)29-20)13(2)12-32-3)19(14-8-10-15(25)11-9-14)28-17-7-5-6-16(26)18(17)27/h5-11,13,19,28H,4,12H2,1-3H3/t13-,19?/m1/s1. The molecule has 1 aromatic heterocycles. The van der Waals surface area contributed by atoms with E-state index in [1.807, 2.05) is 11.5 Å². The molecule has 0 aliphatic rings. The fourth-order valence-corrected chi connectivity index (χ4v) is 4.53. The second-order valence-electron chi connectivity index (χ2n) is 7.24. The normalized spacial score (nSPS) is 12.9. The van der Waals surface area contributed by atoms with Crippen LogP contribution in [0.2, 0.25) is 10.0 Å². The summed E-state index contributed by atoms with van der Waals surface area (Å²) in [7, 11) is 1.59. The van der Waals surface area contributed by atoms with Gasteiger partial charge in [0, 0.05) is 12.1 Å². The summed E-state index contributed by atoms with van der Waals surface area (Å²) in [5, 5.41) is 3.71. The first kappa shape index (κ1) is 25.5. The molecule has 0 spiro atoms. The Morgan fingerprint density at radius 1 is 1.24 bits per heavy atom. The molecule has 1 N–H and O–H groups in total. The number of aromatic nitrogens is 2. The summed E-state index contributed by atoms with van der Waals surface area (Å²) in [6.45, 7) is 4.17. The van der Waals surface area contributed by atoms with Gasteiger partial charge in [-0.25, -0.2) is 14.2 Å². The first-order chi connectivity index (χ1) is 15.8. The second-order valence-corrected chi connectivity index (χ2v) is 8.79. The molecule has 33 heavy (non-hydrogen) atoms. The van der Waals surface area contributed by atoms with E-state index in [1.54, 1.807) is 50.4 Å². The number of nitrogens with zero attached hydrogens (tertiary/aromatic N) is 2. The molecule has 0 fully saturated rings. The highest BCUT2D eigenvalue weighted by atomic mass is 79.9. The molecule has 1 unspecified atom stereocenters. The fraction of sp³-hybridized carbons (Fsp3) is 0.304. The van der Waals surface area contributed by atoms with E-state index in [4.69, 9.17) is 32.7 Å². The molecule has 176 valence electrons. The minimum absolute atomic E-state index is 0.0251. The summed E-state index contributed by atoms with van der Waals surface area (Å²) in [4.78, 5) is 17.3. The van der Waals surface area contributed by atoms with Crippen molar-refractivity contribution < 1.29 is 18.7 Å². The van der Waals surface area contributed by atoms with E-state index in [0.717, 1.165) is 5.56 Å². The Kier molecular flexibility index (Phi) is 8.75. The third kappa shape index (κ3) is 5.69. The summed E-state index contributed by atoms with van der Waals surface area (Å²) >= 11 is 15.6. The lowest BCUT2D eigenvalue weighted by atomic mass is 10.0. The van der Waals surface area contributed by atoms with Crippen LogP contribution < -0.4 is 5.32 Å². The minimum Gasteiger partial charge on any atom is -0.461 e. The van der Waals surface area contributed by atoms with Gasteiger partial charge in [-0.1, -0.05) is 41.4 Å². The highest BCUT2D eigenvalue weighted by Crippen LogP contribution is 2.36. The van der Waals surface area contributed by atoms with E-state index in [9.17, 15) is 9.18 Å². The molecule has 0 saturated carbocycles. The largest absolute Gasteiger partial charge is 0.461 e. The number of hydrogen-bond acceptors (Lipinski definition) is 5. The maximum Gasteiger partial charge on any atom is 0.358 e. The zero-order valence-electron chi connectivity index (χ0n) is 18.2. The molecule has 2 aromatic carbocycles. The van der Waals surface area contributed by atoms with Gasteiger partial charge in [-0.05, 0) is 59.6 Å². The molecular formula is C23H23BrCl2FN3O3. The number of esters is 1. The van der Waals surface area contributed by atoms with Crippen LogP contribution in [0.1, 0.15) is 47.7 Å². The lowest BCUT2D eigenvalue weighted by Crippen LogP contribution is -2.24. The van der Waals surface area contributed by atoms with Crippen molar-refractivity contribution >= 4 is 50.8 Å². The maximum atomic E-state index is 14.9. The number of rotatable bonds is 9. The lowest BCUT2D eigenvalue weighted by Gasteiger charge is -2.26. The van der Waals surface area contributed by atoms with E-state index in [1.165, 1.54) is 6.07 Å². The van der Waals surface area contributed by atoms with Crippen LogP contribution in [0.25, 0.3) is 0 Å². The number of carbonyl (C=O) groups is 1. The van der Waals surface area contributed by atoms with Crippen LogP contribution in [0.4, 0.5) is 10.1 Å². The summed E-state index contributed by atoms with van der Waals surface area (Å²) in [6.07, 6.45) is 0. The van der Waals surface area contributed by atoms with Crippen LogP contribution >= 0.6 is 39.1 Å². The molecule has 6 nitrogen and oxygen atoms in total. The van der Waals surface area contributed by atoms with Gasteiger partial charge in [-0.2, -0.15) is 0 Å². The highest BCUT2D eigenvalue weighted by Gasteiger charge is 2.32. The molecule has 0 aliphatic heterocycles. The van der Waals surface area contributed by atoms with E-state index in [0.29, 0.717) is 22.1 Å². The van der Waals surface area contributed by atoms with Gasteiger partial charge < -0.3 is 19.4 Å². The summed E-state index contributed by atoms with van der Waals surface area (Å²) in [5.74, 6) is -1.20. The molecular weight excluding hydrogens is 536 g/mol. The van der Waals surface area contributed by atoms with Crippen molar-refractivity contribution in [2.45, 2.75) is 25.9 Å². The average molecular weight is 559 g/mol. The van der Waals surface area contributed by atoms with Crippen molar-refractivity contribution in [3.8, 4) is 0 Å². The number of ether oxygens (including phenoxy) is 2. The summed E-state index contributed by atoms with van der Waals surface area (Å²) in [5.41, 5.74) is 1.47. The number of nitrogens with one attached hydrogen (secondary N) is 1. The van der Waals surface area contributed by atoms with E-state index < -0.39 is 17.8 Å². The first-order valence-electron chi connectivity index (χ1n) is 10.2. The van der Waals surface area contributed by atoms with Crippen molar-refractivity contribution in [1.82, 2.24) is 9.55 Å². The van der Waals surface area contributed by atoms with Crippen LogP contribution in [0.3, 0.4) is 0 Å². The Hall–Kier alpha value is -2.13. The topological polar surface area (TPSA) is 65.4 Å². The predicted octanol–water partition coefficient (Wildman–Crippen LogP) is 6.68. The SMILES string of the molecule is CCOC(=O)c1nc(Br)n([C@H](C)COC)c1C(Nc1cccc(Cl)c1F)c1ccc(Cl)cc1. The van der Waals surface area contributed by atoms with Crippen LogP contribution in [-0.4, -0.2) is 35.8 Å². The Bertz CT molecular complexity index is 1120. The van der Waals surface area contributed by atoms with Crippen LogP contribution in [0.15, 0.2) is 47.2 Å². The van der Waals surface area contributed by atoms with Crippen molar-refractivity contribution in [3.05, 3.63) is 80.0 Å². The Morgan fingerprint density at radius 2 is 1.94 bits per heavy atom. The molecule has 0 bridgehead atoms. The molecule has 3 aromatic rings. The average Bonchev–Trinajstić information content (AvgIpc) is 3.13. The zero-order valence-corrected chi connectivity index (χ0v) is 21.3. The van der Waals surface area contributed by atoms with E-state index >= 15 is 0 Å². The Balaban J connectivity index is 2.26. The molecule has 2 atom stereocenters. The van der Waals surface area contributed by atoms with Crippen LogP contribution in [0, 0.1) is 5.82 Å². The fourth-order valence-electron chi connectivity index (χ4n) is 3.51. The number of methoxy groups -OCH3 is 1. The first-order valence-corrected chi connectivity index (χ1v) is 11.7. The summed E-state index contributed by atoms with van der Waals surface area (Å²) < 4.78 is 27.7. The van der Waals surface area contributed by atoms with Crippen molar-refractivity contribution in [2.24, 2.45) is 0 Å². The molecule has 3 rings (SSSR count). The molecule has 0 aliphatic carbocycles. The maximum absolute atomic E-state index is 14.9. The number of carbonyl (C=O) groups excluding carboxylic acids is 1. The van der Waals surface area contributed by atoms with Gasteiger partial charge in [-0.3, -0.25) is 0 Å². The Labute approximate surface area is 210 Å². The van der Waals surface area contributed by atoms with Crippen molar-refractivity contribution in [1.29, 1.82) is 0 Å². The van der Waals surface area contributed by atoms with Gasteiger partial charge in [-0.15, -0.1) is 0 Å². The van der Waals surface area contributed by atoms with Gasteiger partial charge in [0.15, 0.2) is 16.2 Å². The third-order valence-electron chi connectivity index (χ3n) is 4.95. The monoisotopic (exact) mass is 557 g/mol. The number of anilines is 1. The van der Waals surface area contributed by atoms with Crippen molar-refractivity contribution in [2.75, 3.05) is 25.6 Å². The van der Waals surface area contributed by atoms with Crippen LogP contribution in [0.5, 0.6) is 0 Å². The second kappa shape index (κ2) is 11.3. The summed E-state index contributed by atoms with van der Waals surface area (Å²) in [6, 6.07) is 10.8. The van der Waals surface area contributed by atoms with E-state index in [-0.39, 0.29) is 29.1 Å².